The van der Waals surface area contributed by atoms with Crippen LogP contribution in [0.3, 0.4) is 0 Å². The number of anilines is 2. The SMILES string of the molecule is CCOc1ccccc1C(=O)Nc1nnc([C@@H]2CC(=O)N(c3ccc(OC)cc3)C2)s1. The molecule has 2 amide bonds. The highest BCUT2D eigenvalue weighted by Crippen LogP contribution is 2.35. The van der Waals surface area contributed by atoms with Gasteiger partial charge in [-0.3, -0.25) is 14.9 Å². The van der Waals surface area contributed by atoms with Crippen LogP contribution in [-0.4, -0.2) is 42.3 Å². The monoisotopic (exact) mass is 438 g/mol. The summed E-state index contributed by atoms with van der Waals surface area (Å²) >= 11 is 1.28. The van der Waals surface area contributed by atoms with Crippen LogP contribution in [-0.2, 0) is 4.79 Å². The topological polar surface area (TPSA) is 93.7 Å². The van der Waals surface area contributed by atoms with Gasteiger partial charge in [0.1, 0.15) is 16.5 Å². The lowest BCUT2D eigenvalue weighted by molar-refractivity contribution is -0.117. The summed E-state index contributed by atoms with van der Waals surface area (Å²) in [5.74, 6) is 0.898. The van der Waals surface area contributed by atoms with Crippen molar-refractivity contribution in [3.05, 3.63) is 59.1 Å². The zero-order valence-corrected chi connectivity index (χ0v) is 18.0. The molecule has 8 nitrogen and oxygen atoms in total. The van der Waals surface area contributed by atoms with Gasteiger partial charge in [0.2, 0.25) is 11.0 Å². The summed E-state index contributed by atoms with van der Waals surface area (Å²) in [5, 5.41) is 12.2. The minimum absolute atomic E-state index is 0.0293. The van der Waals surface area contributed by atoms with E-state index in [1.807, 2.05) is 37.3 Å². The summed E-state index contributed by atoms with van der Waals surface area (Å²) in [6.07, 6.45) is 0.349. The number of carbonyl (C=O) groups is 2. The Morgan fingerprint density at radius 1 is 1.19 bits per heavy atom. The standard InChI is InChI=1S/C22H22N4O4S/c1-3-30-18-7-5-4-6-17(18)20(28)23-22-25-24-21(31-22)14-12-19(27)26(13-14)15-8-10-16(29-2)11-9-15/h4-11,14H,3,12-13H2,1-2H3,(H,23,25,28)/t14-/m1/s1. The molecule has 0 aliphatic carbocycles. The van der Waals surface area contributed by atoms with Crippen molar-refractivity contribution in [1.29, 1.82) is 0 Å². The number of benzene rings is 2. The number of nitrogens with zero attached hydrogens (tertiary/aromatic N) is 3. The Hall–Kier alpha value is -3.46. The van der Waals surface area contributed by atoms with Gasteiger partial charge in [-0.1, -0.05) is 23.5 Å². The van der Waals surface area contributed by atoms with Gasteiger partial charge < -0.3 is 14.4 Å². The van der Waals surface area contributed by atoms with Crippen molar-refractivity contribution < 1.29 is 19.1 Å². The van der Waals surface area contributed by atoms with E-state index in [-0.39, 0.29) is 17.7 Å². The summed E-state index contributed by atoms with van der Waals surface area (Å²) in [7, 11) is 1.60. The second-order valence-corrected chi connectivity index (χ2v) is 7.94. The fraction of sp³-hybridized carbons (Fsp3) is 0.273. The molecule has 0 bridgehead atoms. The number of rotatable bonds is 7. The Kier molecular flexibility index (Phi) is 6.13. The Balaban J connectivity index is 1.44. The number of nitrogens with one attached hydrogen (secondary N) is 1. The van der Waals surface area contributed by atoms with Gasteiger partial charge in [-0.2, -0.15) is 0 Å². The molecule has 0 unspecified atom stereocenters. The lowest BCUT2D eigenvalue weighted by atomic mass is 10.1. The number of para-hydroxylation sites is 1. The molecule has 9 heteroatoms. The van der Waals surface area contributed by atoms with Crippen molar-refractivity contribution in [2.24, 2.45) is 0 Å². The maximum absolute atomic E-state index is 12.7. The van der Waals surface area contributed by atoms with Crippen molar-refractivity contribution >= 4 is 34.0 Å². The molecule has 1 fully saturated rings. The number of carbonyl (C=O) groups excluding carboxylic acids is 2. The van der Waals surface area contributed by atoms with E-state index < -0.39 is 0 Å². The van der Waals surface area contributed by atoms with E-state index in [1.54, 1.807) is 30.2 Å². The predicted octanol–water partition coefficient (Wildman–Crippen LogP) is 3.72. The molecular weight excluding hydrogens is 416 g/mol. The van der Waals surface area contributed by atoms with Gasteiger partial charge in [-0.05, 0) is 43.3 Å². The fourth-order valence-corrected chi connectivity index (χ4v) is 4.26. The van der Waals surface area contributed by atoms with Crippen molar-refractivity contribution in [2.45, 2.75) is 19.3 Å². The van der Waals surface area contributed by atoms with E-state index in [2.05, 4.69) is 15.5 Å². The van der Waals surface area contributed by atoms with Crippen LogP contribution in [0.15, 0.2) is 48.5 Å². The zero-order chi connectivity index (χ0) is 21.8. The molecule has 1 N–H and O–H groups in total. The number of aromatic nitrogens is 2. The number of ether oxygens (including phenoxy) is 2. The molecule has 3 aromatic rings. The molecule has 1 atom stereocenters. The number of hydrogen-bond donors (Lipinski definition) is 1. The Morgan fingerprint density at radius 3 is 2.71 bits per heavy atom. The molecule has 0 saturated carbocycles. The smallest absolute Gasteiger partial charge is 0.261 e. The molecule has 1 aromatic heterocycles. The van der Waals surface area contributed by atoms with E-state index in [0.29, 0.717) is 36.0 Å². The van der Waals surface area contributed by atoms with E-state index >= 15 is 0 Å². The van der Waals surface area contributed by atoms with Crippen molar-refractivity contribution in [2.75, 3.05) is 30.5 Å². The van der Waals surface area contributed by atoms with E-state index in [9.17, 15) is 9.59 Å². The fourth-order valence-electron chi connectivity index (χ4n) is 3.43. The quantitative estimate of drug-likeness (QED) is 0.604. The third kappa shape index (κ3) is 4.51. The Labute approximate surface area is 183 Å². The molecule has 0 radical (unpaired) electrons. The molecule has 4 rings (SSSR count). The average Bonchev–Trinajstić information content (AvgIpc) is 3.41. The van der Waals surface area contributed by atoms with Crippen LogP contribution in [0.2, 0.25) is 0 Å². The first-order valence-corrected chi connectivity index (χ1v) is 10.7. The number of amides is 2. The first kappa shape index (κ1) is 20.8. The third-order valence-electron chi connectivity index (χ3n) is 4.95. The van der Waals surface area contributed by atoms with Gasteiger partial charge in [-0.15, -0.1) is 10.2 Å². The lowest BCUT2D eigenvalue weighted by Gasteiger charge is -2.16. The van der Waals surface area contributed by atoms with Crippen LogP contribution in [0, 0.1) is 0 Å². The molecule has 1 aliphatic heterocycles. The molecule has 31 heavy (non-hydrogen) atoms. The maximum Gasteiger partial charge on any atom is 0.261 e. The van der Waals surface area contributed by atoms with Gasteiger partial charge in [0.05, 0.1) is 19.3 Å². The van der Waals surface area contributed by atoms with Crippen LogP contribution >= 0.6 is 11.3 Å². The molecule has 1 saturated heterocycles. The minimum Gasteiger partial charge on any atom is -0.497 e. The maximum atomic E-state index is 12.7. The Bertz CT molecular complexity index is 1080. The van der Waals surface area contributed by atoms with Gasteiger partial charge in [0.15, 0.2) is 0 Å². The van der Waals surface area contributed by atoms with E-state index in [4.69, 9.17) is 9.47 Å². The van der Waals surface area contributed by atoms with Gasteiger partial charge in [0, 0.05) is 24.6 Å². The van der Waals surface area contributed by atoms with Gasteiger partial charge in [-0.25, -0.2) is 0 Å². The summed E-state index contributed by atoms with van der Waals surface area (Å²) in [5.41, 5.74) is 1.25. The Morgan fingerprint density at radius 2 is 1.97 bits per heavy atom. The summed E-state index contributed by atoms with van der Waals surface area (Å²) in [6, 6.07) is 14.4. The summed E-state index contributed by atoms with van der Waals surface area (Å²) in [4.78, 5) is 26.9. The zero-order valence-electron chi connectivity index (χ0n) is 17.2. The number of hydrogen-bond acceptors (Lipinski definition) is 7. The highest BCUT2D eigenvalue weighted by atomic mass is 32.1. The minimum atomic E-state index is -0.311. The molecular formula is C22H22N4O4S. The average molecular weight is 439 g/mol. The highest BCUT2D eigenvalue weighted by Gasteiger charge is 2.34. The number of methoxy groups -OCH3 is 1. The van der Waals surface area contributed by atoms with Crippen LogP contribution in [0.4, 0.5) is 10.8 Å². The van der Waals surface area contributed by atoms with Crippen molar-refractivity contribution in [1.82, 2.24) is 10.2 Å². The molecule has 2 aromatic carbocycles. The highest BCUT2D eigenvalue weighted by molar-refractivity contribution is 7.15. The van der Waals surface area contributed by atoms with Crippen LogP contribution in [0.5, 0.6) is 11.5 Å². The van der Waals surface area contributed by atoms with Gasteiger partial charge >= 0.3 is 0 Å². The molecule has 160 valence electrons. The normalized spacial score (nSPS) is 15.7. The lowest BCUT2D eigenvalue weighted by Crippen LogP contribution is -2.24. The van der Waals surface area contributed by atoms with Gasteiger partial charge in [0.25, 0.3) is 5.91 Å². The molecule has 2 heterocycles. The second kappa shape index (κ2) is 9.13. The molecule has 0 spiro atoms. The van der Waals surface area contributed by atoms with Crippen molar-refractivity contribution in [3.8, 4) is 11.5 Å². The largest absolute Gasteiger partial charge is 0.497 e. The van der Waals surface area contributed by atoms with Crippen LogP contribution in [0.25, 0.3) is 0 Å². The van der Waals surface area contributed by atoms with Crippen LogP contribution < -0.4 is 19.7 Å². The van der Waals surface area contributed by atoms with E-state index in [0.717, 1.165) is 16.4 Å². The third-order valence-corrected chi connectivity index (χ3v) is 5.95. The summed E-state index contributed by atoms with van der Waals surface area (Å²) in [6.45, 7) is 2.85. The first-order valence-electron chi connectivity index (χ1n) is 9.90. The predicted molar refractivity (Wildman–Crippen MR) is 118 cm³/mol. The first-order chi connectivity index (χ1) is 15.1. The molecule has 1 aliphatic rings. The van der Waals surface area contributed by atoms with Crippen molar-refractivity contribution in [3.63, 3.8) is 0 Å². The van der Waals surface area contributed by atoms with E-state index in [1.165, 1.54) is 11.3 Å². The summed E-state index contributed by atoms with van der Waals surface area (Å²) < 4.78 is 10.7. The second-order valence-electron chi connectivity index (χ2n) is 6.93. The van der Waals surface area contributed by atoms with Crippen LogP contribution in [0.1, 0.15) is 34.6 Å².